The van der Waals surface area contributed by atoms with Crippen LogP contribution < -0.4 is 0 Å². The third-order valence-electron chi connectivity index (χ3n) is 5.98. The van der Waals surface area contributed by atoms with Gasteiger partial charge in [-0.3, -0.25) is 9.88 Å². The van der Waals surface area contributed by atoms with E-state index in [0.29, 0.717) is 0 Å². The normalized spacial score (nSPS) is 21.1. The highest BCUT2D eigenvalue weighted by Crippen LogP contribution is 2.42. The molecular formula is C22H31ClN2OS. The van der Waals surface area contributed by atoms with Gasteiger partial charge in [0.05, 0.1) is 11.6 Å². The van der Waals surface area contributed by atoms with E-state index in [-0.39, 0.29) is 11.0 Å². The average molecular weight is 407 g/mol. The van der Waals surface area contributed by atoms with E-state index in [0.717, 1.165) is 49.9 Å². The van der Waals surface area contributed by atoms with Gasteiger partial charge in [0, 0.05) is 46.3 Å². The molecule has 1 saturated heterocycles. The van der Waals surface area contributed by atoms with Crippen molar-refractivity contribution in [2.24, 2.45) is 5.41 Å². The largest absolute Gasteiger partial charge is 0.381 e. The Kier molecular flexibility index (Phi) is 6.62. The first-order valence-corrected chi connectivity index (χ1v) is 11.1. The molecule has 1 aliphatic rings. The van der Waals surface area contributed by atoms with Crippen molar-refractivity contribution < 1.29 is 4.74 Å². The zero-order chi connectivity index (χ0) is 19.5. The summed E-state index contributed by atoms with van der Waals surface area (Å²) < 4.78 is 5.94. The molecule has 3 nitrogen and oxygen atoms in total. The van der Waals surface area contributed by atoms with E-state index in [1.807, 2.05) is 18.5 Å². The first-order chi connectivity index (χ1) is 12.8. The zero-order valence-corrected chi connectivity index (χ0v) is 18.5. The van der Waals surface area contributed by atoms with E-state index in [1.54, 1.807) is 11.3 Å². The molecule has 0 radical (unpaired) electrons. The van der Waals surface area contributed by atoms with E-state index < -0.39 is 0 Å². The molecule has 1 aliphatic heterocycles. The van der Waals surface area contributed by atoms with Gasteiger partial charge in [0.2, 0.25) is 0 Å². The fourth-order valence-electron chi connectivity index (χ4n) is 4.01. The molecule has 1 fully saturated rings. The minimum atomic E-state index is -0.0269. The maximum absolute atomic E-state index is 6.11. The van der Waals surface area contributed by atoms with Crippen LogP contribution in [-0.4, -0.2) is 36.2 Å². The van der Waals surface area contributed by atoms with Crippen molar-refractivity contribution >= 4 is 22.9 Å². The summed E-state index contributed by atoms with van der Waals surface area (Å²) in [5, 5.41) is 2.88. The minimum absolute atomic E-state index is 0.0269. The van der Waals surface area contributed by atoms with Gasteiger partial charge in [0.15, 0.2) is 0 Å². The van der Waals surface area contributed by atoms with Crippen LogP contribution >= 0.6 is 22.9 Å². The maximum Gasteiger partial charge on any atom is 0.0535 e. The van der Waals surface area contributed by atoms with Crippen molar-refractivity contribution in [2.45, 2.75) is 52.5 Å². The topological polar surface area (TPSA) is 25.4 Å². The van der Waals surface area contributed by atoms with Crippen molar-refractivity contribution in [1.29, 1.82) is 0 Å². The lowest BCUT2D eigenvalue weighted by molar-refractivity contribution is 0.0386. The third-order valence-corrected chi connectivity index (χ3v) is 7.33. The van der Waals surface area contributed by atoms with Crippen LogP contribution in [0.15, 0.2) is 29.8 Å². The summed E-state index contributed by atoms with van der Waals surface area (Å²) in [6.45, 7) is 12.5. The molecule has 3 heterocycles. The van der Waals surface area contributed by atoms with Gasteiger partial charge in [-0.2, -0.15) is 0 Å². The Labute approximate surface area is 172 Å². The number of halogens is 1. The second kappa shape index (κ2) is 8.60. The highest BCUT2D eigenvalue weighted by molar-refractivity contribution is 7.10. The molecule has 148 valence electrons. The zero-order valence-electron chi connectivity index (χ0n) is 16.9. The van der Waals surface area contributed by atoms with Gasteiger partial charge >= 0.3 is 0 Å². The summed E-state index contributed by atoms with van der Waals surface area (Å²) in [5.41, 5.74) is 2.53. The second-order valence-corrected chi connectivity index (χ2v) is 9.72. The Morgan fingerprint density at radius 3 is 2.81 bits per heavy atom. The SMILES string of the molecule is CCOCC1(CCc2cc(Cl)cs2)CCN(C(C)(C)c2ccc(C)nc2)C1. The monoisotopic (exact) mass is 406 g/mol. The number of rotatable bonds is 8. The van der Waals surface area contributed by atoms with Gasteiger partial charge in [-0.05, 0) is 71.2 Å². The van der Waals surface area contributed by atoms with Gasteiger partial charge in [0.1, 0.15) is 0 Å². The molecule has 0 aromatic carbocycles. The molecule has 0 spiro atoms. The molecule has 0 saturated carbocycles. The smallest absolute Gasteiger partial charge is 0.0535 e. The van der Waals surface area contributed by atoms with E-state index >= 15 is 0 Å². The van der Waals surface area contributed by atoms with Gasteiger partial charge in [-0.25, -0.2) is 0 Å². The summed E-state index contributed by atoms with van der Waals surface area (Å²) in [4.78, 5) is 8.50. The third kappa shape index (κ3) is 4.92. The number of likely N-dealkylation sites (tertiary alicyclic amines) is 1. The summed E-state index contributed by atoms with van der Waals surface area (Å²) >= 11 is 7.87. The highest BCUT2D eigenvalue weighted by atomic mass is 35.5. The molecule has 0 aliphatic carbocycles. The Morgan fingerprint density at radius 1 is 1.37 bits per heavy atom. The molecular weight excluding hydrogens is 376 g/mol. The highest BCUT2D eigenvalue weighted by Gasteiger charge is 2.43. The Morgan fingerprint density at radius 2 is 2.19 bits per heavy atom. The molecule has 3 rings (SSSR count). The maximum atomic E-state index is 6.11. The average Bonchev–Trinajstić information content (AvgIpc) is 3.26. The van der Waals surface area contributed by atoms with Crippen LogP contribution in [0.3, 0.4) is 0 Å². The van der Waals surface area contributed by atoms with Gasteiger partial charge < -0.3 is 4.74 Å². The number of nitrogens with zero attached hydrogens (tertiary/aromatic N) is 2. The number of hydrogen-bond acceptors (Lipinski definition) is 4. The summed E-state index contributed by atoms with van der Waals surface area (Å²) in [7, 11) is 0. The predicted molar refractivity (Wildman–Crippen MR) is 115 cm³/mol. The first-order valence-electron chi connectivity index (χ1n) is 9.83. The summed E-state index contributed by atoms with van der Waals surface area (Å²) in [5.74, 6) is 0. The van der Waals surface area contributed by atoms with E-state index in [9.17, 15) is 0 Å². The predicted octanol–water partition coefficient (Wildman–Crippen LogP) is 5.70. The van der Waals surface area contributed by atoms with Crippen LogP contribution in [0.1, 0.15) is 49.7 Å². The Bertz CT molecular complexity index is 743. The number of aromatic nitrogens is 1. The van der Waals surface area contributed by atoms with Gasteiger partial charge in [0.25, 0.3) is 0 Å². The summed E-state index contributed by atoms with van der Waals surface area (Å²) in [6, 6.07) is 6.44. The Balaban J connectivity index is 1.73. The van der Waals surface area contributed by atoms with Gasteiger partial charge in [-0.1, -0.05) is 17.7 Å². The molecule has 2 aromatic rings. The lowest BCUT2D eigenvalue weighted by Gasteiger charge is -2.38. The van der Waals surface area contributed by atoms with Crippen molar-refractivity contribution in [1.82, 2.24) is 9.88 Å². The van der Waals surface area contributed by atoms with E-state index in [2.05, 4.69) is 48.9 Å². The van der Waals surface area contributed by atoms with Crippen LogP contribution in [0.2, 0.25) is 5.02 Å². The molecule has 2 aromatic heterocycles. The number of ether oxygens (including phenoxy) is 1. The van der Waals surface area contributed by atoms with Crippen LogP contribution in [0.4, 0.5) is 0 Å². The molecule has 1 unspecified atom stereocenters. The molecule has 0 bridgehead atoms. The van der Waals surface area contributed by atoms with Crippen molar-refractivity contribution in [3.63, 3.8) is 0 Å². The van der Waals surface area contributed by atoms with Crippen molar-refractivity contribution in [3.05, 3.63) is 50.9 Å². The molecule has 0 amide bonds. The quantitative estimate of drug-likeness (QED) is 0.562. The van der Waals surface area contributed by atoms with Gasteiger partial charge in [-0.15, -0.1) is 11.3 Å². The molecule has 5 heteroatoms. The fraction of sp³-hybridized carbons (Fsp3) is 0.591. The Hall–Kier alpha value is -0.940. The van der Waals surface area contributed by atoms with Crippen LogP contribution in [0, 0.1) is 12.3 Å². The molecule has 27 heavy (non-hydrogen) atoms. The van der Waals surface area contributed by atoms with Crippen molar-refractivity contribution in [3.8, 4) is 0 Å². The van der Waals surface area contributed by atoms with Crippen molar-refractivity contribution in [2.75, 3.05) is 26.3 Å². The lowest BCUT2D eigenvalue weighted by Crippen LogP contribution is -2.42. The van der Waals surface area contributed by atoms with Crippen LogP contribution in [0.5, 0.6) is 0 Å². The van der Waals surface area contributed by atoms with E-state index in [4.69, 9.17) is 16.3 Å². The molecule has 0 N–H and O–H groups in total. The summed E-state index contributed by atoms with van der Waals surface area (Å²) in [6.07, 6.45) is 5.42. The number of hydrogen-bond donors (Lipinski definition) is 0. The number of pyridine rings is 1. The first kappa shape index (κ1) is 20.8. The molecule has 1 atom stereocenters. The van der Waals surface area contributed by atoms with E-state index in [1.165, 1.54) is 16.9 Å². The fourth-order valence-corrected chi connectivity index (χ4v) is 5.09. The second-order valence-electron chi connectivity index (χ2n) is 8.29. The number of thiophene rings is 1. The minimum Gasteiger partial charge on any atom is -0.381 e. The standard InChI is InChI=1S/C22H31ClN2OS/c1-5-26-16-22(9-8-20-12-19(23)14-27-20)10-11-25(15-22)21(3,4)18-7-6-17(2)24-13-18/h6-7,12-14H,5,8-11,15-16H2,1-4H3. The lowest BCUT2D eigenvalue weighted by atomic mass is 9.82. The van der Waals surface area contributed by atoms with Crippen LogP contribution in [0.25, 0.3) is 0 Å². The van der Waals surface area contributed by atoms with Crippen LogP contribution in [-0.2, 0) is 16.7 Å². The number of aryl methyl sites for hydroxylation is 2.